The van der Waals surface area contributed by atoms with Gasteiger partial charge in [0.2, 0.25) is 0 Å². The Morgan fingerprint density at radius 2 is 1.86 bits per heavy atom. The summed E-state index contributed by atoms with van der Waals surface area (Å²) >= 11 is 0. The van der Waals surface area contributed by atoms with Crippen molar-refractivity contribution >= 4 is 15.7 Å². The van der Waals surface area contributed by atoms with Gasteiger partial charge in [0, 0.05) is 30.4 Å². The summed E-state index contributed by atoms with van der Waals surface area (Å²) in [5.74, 6) is -0.222. The number of hydrogen-bond acceptors (Lipinski definition) is 4. The quantitative estimate of drug-likeness (QED) is 0.749. The average Bonchev–Trinajstić information content (AvgIpc) is 3.13. The van der Waals surface area contributed by atoms with Crippen LogP contribution >= 0.6 is 0 Å². The van der Waals surface area contributed by atoms with Crippen molar-refractivity contribution in [2.75, 3.05) is 18.6 Å². The van der Waals surface area contributed by atoms with Gasteiger partial charge >= 0.3 is 6.18 Å². The zero-order valence-corrected chi connectivity index (χ0v) is 17.1. The SMILES string of the molecule is Cc1nn(C2CCS(=O)(=O)C2)c(C)c1CN(C)C(=O)c1ccc(C(F)(F)F)cc1. The van der Waals surface area contributed by atoms with Gasteiger partial charge in [-0.05, 0) is 44.5 Å². The number of carbonyl (C=O) groups excluding carboxylic acids is 1. The first kappa shape index (κ1) is 21.4. The van der Waals surface area contributed by atoms with Gasteiger partial charge in [-0.3, -0.25) is 9.48 Å². The van der Waals surface area contributed by atoms with E-state index in [1.807, 2.05) is 6.92 Å². The largest absolute Gasteiger partial charge is 0.416 e. The molecule has 1 fully saturated rings. The number of hydrogen-bond donors (Lipinski definition) is 0. The molecule has 0 aliphatic carbocycles. The summed E-state index contributed by atoms with van der Waals surface area (Å²) in [6.45, 7) is 3.84. The highest BCUT2D eigenvalue weighted by Crippen LogP contribution is 2.30. The first-order chi connectivity index (χ1) is 13.4. The molecule has 1 amide bonds. The van der Waals surface area contributed by atoms with E-state index in [4.69, 9.17) is 0 Å². The number of carbonyl (C=O) groups is 1. The summed E-state index contributed by atoms with van der Waals surface area (Å²) in [6, 6.07) is 3.87. The molecular weight excluding hydrogens is 407 g/mol. The molecule has 1 saturated heterocycles. The first-order valence-electron chi connectivity index (χ1n) is 9.07. The van der Waals surface area contributed by atoms with Crippen LogP contribution in [0.1, 0.15) is 45.3 Å². The standard InChI is InChI=1S/C19H22F3N3O3S/c1-12-17(13(2)25(23-12)16-8-9-29(27,28)11-16)10-24(3)18(26)14-4-6-15(7-5-14)19(20,21)22/h4-7,16H,8-11H2,1-3H3. The normalized spacial score (nSPS) is 18.8. The second kappa shape index (κ2) is 7.47. The van der Waals surface area contributed by atoms with E-state index in [0.29, 0.717) is 12.1 Å². The summed E-state index contributed by atoms with van der Waals surface area (Å²) in [4.78, 5) is 14.0. The van der Waals surface area contributed by atoms with Gasteiger partial charge in [0.1, 0.15) is 0 Å². The third kappa shape index (κ3) is 4.47. The molecule has 0 bridgehead atoms. The summed E-state index contributed by atoms with van der Waals surface area (Å²) in [6.07, 6.45) is -3.95. The molecule has 1 aliphatic rings. The molecule has 1 unspecified atom stereocenters. The van der Waals surface area contributed by atoms with Crippen LogP contribution in [0, 0.1) is 13.8 Å². The number of halogens is 3. The number of alkyl halides is 3. The summed E-state index contributed by atoms with van der Waals surface area (Å²) in [5, 5.41) is 4.47. The summed E-state index contributed by atoms with van der Waals surface area (Å²) in [5.41, 5.74) is 1.63. The van der Waals surface area contributed by atoms with Crippen molar-refractivity contribution in [2.45, 2.75) is 39.0 Å². The molecule has 1 aliphatic heterocycles. The van der Waals surface area contributed by atoms with Crippen LogP contribution in [0.3, 0.4) is 0 Å². The highest BCUT2D eigenvalue weighted by atomic mass is 32.2. The maximum absolute atomic E-state index is 12.7. The summed E-state index contributed by atoms with van der Waals surface area (Å²) in [7, 11) is -1.49. The molecule has 1 aromatic carbocycles. The third-order valence-corrected chi connectivity index (χ3v) is 6.98. The van der Waals surface area contributed by atoms with E-state index < -0.39 is 27.5 Å². The lowest BCUT2D eigenvalue weighted by Gasteiger charge is -2.18. The van der Waals surface area contributed by atoms with E-state index in [2.05, 4.69) is 5.10 Å². The molecule has 0 N–H and O–H groups in total. The molecule has 2 heterocycles. The highest BCUT2D eigenvalue weighted by molar-refractivity contribution is 7.91. The number of nitrogens with zero attached hydrogens (tertiary/aromatic N) is 3. The van der Waals surface area contributed by atoms with Crippen LogP contribution in [0.4, 0.5) is 13.2 Å². The lowest BCUT2D eigenvalue weighted by molar-refractivity contribution is -0.137. The third-order valence-electron chi connectivity index (χ3n) is 5.23. The van der Waals surface area contributed by atoms with Crippen LogP contribution in [-0.4, -0.2) is 47.6 Å². The van der Waals surface area contributed by atoms with E-state index in [1.165, 1.54) is 4.90 Å². The van der Waals surface area contributed by atoms with Gasteiger partial charge in [0.25, 0.3) is 5.91 Å². The van der Waals surface area contributed by atoms with Crippen LogP contribution in [0.15, 0.2) is 24.3 Å². The van der Waals surface area contributed by atoms with Crippen LogP contribution in [0.25, 0.3) is 0 Å². The molecule has 3 rings (SSSR count). The van der Waals surface area contributed by atoms with Crippen molar-refractivity contribution in [3.8, 4) is 0 Å². The number of aryl methyl sites for hydroxylation is 1. The Bertz CT molecular complexity index is 1030. The molecule has 1 atom stereocenters. The van der Waals surface area contributed by atoms with E-state index in [1.54, 1.807) is 18.7 Å². The van der Waals surface area contributed by atoms with Gasteiger partial charge in [0.15, 0.2) is 9.84 Å². The minimum Gasteiger partial charge on any atom is -0.337 e. The van der Waals surface area contributed by atoms with Gasteiger partial charge < -0.3 is 4.90 Å². The van der Waals surface area contributed by atoms with Gasteiger partial charge in [-0.2, -0.15) is 18.3 Å². The Morgan fingerprint density at radius 3 is 2.38 bits per heavy atom. The van der Waals surface area contributed by atoms with Crippen LogP contribution in [0.5, 0.6) is 0 Å². The van der Waals surface area contributed by atoms with Gasteiger partial charge in [-0.15, -0.1) is 0 Å². The molecule has 1 aromatic heterocycles. The monoisotopic (exact) mass is 429 g/mol. The van der Waals surface area contributed by atoms with Gasteiger partial charge in [0.05, 0.1) is 28.8 Å². The van der Waals surface area contributed by atoms with Crippen LogP contribution < -0.4 is 0 Å². The number of amides is 1. The van der Waals surface area contributed by atoms with Gasteiger partial charge in [-0.1, -0.05) is 0 Å². The number of benzene rings is 1. The molecule has 0 saturated carbocycles. The fourth-order valence-electron chi connectivity index (χ4n) is 3.58. The van der Waals surface area contributed by atoms with Gasteiger partial charge in [-0.25, -0.2) is 8.42 Å². The fourth-order valence-corrected chi connectivity index (χ4v) is 5.27. The molecule has 0 radical (unpaired) electrons. The van der Waals surface area contributed by atoms with E-state index >= 15 is 0 Å². The summed E-state index contributed by atoms with van der Waals surface area (Å²) < 4.78 is 63.3. The van der Waals surface area contributed by atoms with Crippen LogP contribution in [0.2, 0.25) is 0 Å². The first-order valence-corrected chi connectivity index (χ1v) is 10.9. The maximum atomic E-state index is 12.7. The average molecular weight is 429 g/mol. The second-order valence-electron chi connectivity index (χ2n) is 7.39. The smallest absolute Gasteiger partial charge is 0.337 e. The van der Waals surface area contributed by atoms with E-state index in [-0.39, 0.29) is 29.7 Å². The Labute approximate surface area is 167 Å². The number of rotatable bonds is 4. The predicted octanol–water partition coefficient (Wildman–Crippen LogP) is 3.15. The lowest BCUT2D eigenvalue weighted by atomic mass is 10.1. The van der Waals surface area contributed by atoms with Crippen LogP contribution in [-0.2, 0) is 22.6 Å². The molecular formula is C19H22F3N3O3S. The van der Waals surface area contributed by atoms with Crippen molar-refractivity contribution in [2.24, 2.45) is 0 Å². The van der Waals surface area contributed by atoms with Crippen molar-refractivity contribution in [3.05, 3.63) is 52.3 Å². The molecule has 2 aromatic rings. The highest BCUT2D eigenvalue weighted by Gasteiger charge is 2.32. The Kier molecular flexibility index (Phi) is 5.50. The van der Waals surface area contributed by atoms with Crippen molar-refractivity contribution in [1.29, 1.82) is 0 Å². The lowest BCUT2D eigenvalue weighted by Crippen LogP contribution is -2.27. The minimum absolute atomic E-state index is 0.0503. The molecule has 29 heavy (non-hydrogen) atoms. The molecule has 10 heteroatoms. The van der Waals surface area contributed by atoms with E-state index in [0.717, 1.165) is 35.5 Å². The predicted molar refractivity (Wildman–Crippen MR) is 101 cm³/mol. The van der Waals surface area contributed by atoms with Crippen molar-refractivity contribution < 1.29 is 26.4 Å². The Balaban J connectivity index is 1.77. The molecule has 0 spiro atoms. The molecule has 6 nitrogen and oxygen atoms in total. The molecule has 158 valence electrons. The minimum atomic E-state index is -4.45. The zero-order valence-electron chi connectivity index (χ0n) is 16.3. The Hall–Kier alpha value is -2.36. The van der Waals surface area contributed by atoms with Crippen molar-refractivity contribution in [1.82, 2.24) is 14.7 Å². The van der Waals surface area contributed by atoms with E-state index in [9.17, 15) is 26.4 Å². The Morgan fingerprint density at radius 1 is 1.24 bits per heavy atom. The van der Waals surface area contributed by atoms with Crippen molar-refractivity contribution in [3.63, 3.8) is 0 Å². The topological polar surface area (TPSA) is 72.3 Å². The maximum Gasteiger partial charge on any atom is 0.416 e. The fraction of sp³-hybridized carbons (Fsp3) is 0.474. The second-order valence-corrected chi connectivity index (χ2v) is 9.62. The number of aromatic nitrogens is 2. The zero-order chi connectivity index (χ0) is 21.6. The number of sulfone groups is 1.